The first-order valence-electron chi connectivity index (χ1n) is 6.23. The van der Waals surface area contributed by atoms with Gasteiger partial charge >= 0.3 is 0 Å². The molecule has 0 saturated heterocycles. The van der Waals surface area contributed by atoms with E-state index in [2.05, 4.69) is 15.5 Å². The second-order valence-corrected chi connectivity index (χ2v) is 4.36. The highest BCUT2D eigenvalue weighted by molar-refractivity contribution is 5.93. The lowest BCUT2D eigenvalue weighted by Gasteiger charge is -2.15. The second-order valence-electron chi connectivity index (χ2n) is 4.36. The highest BCUT2D eigenvalue weighted by atomic mass is 16.2. The minimum absolute atomic E-state index is 0.0510. The largest absolute Gasteiger partial charge is 0.339 e. The highest BCUT2D eigenvalue weighted by Crippen LogP contribution is 2.17. The lowest BCUT2D eigenvalue weighted by molar-refractivity contribution is 0.0791. The van der Waals surface area contributed by atoms with Crippen LogP contribution in [0.1, 0.15) is 10.5 Å². The fourth-order valence-electron chi connectivity index (χ4n) is 1.77. The molecular weight excluding hydrogens is 240 g/mol. The molecule has 0 radical (unpaired) electrons. The Morgan fingerprint density at radius 1 is 1.37 bits per heavy atom. The molecule has 0 bridgehead atoms. The van der Waals surface area contributed by atoms with Gasteiger partial charge in [-0.3, -0.25) is 9.89 Å². The van der Waals surface area contributed by atoms with E-state index in [4.69, 9.17) is 0 Å². The summed E-state index contributed by atoms with van der Waals surface area (Å²) in [5.41, 5.74) is 2.29. The maximum Gasteiger partial charge on any atom is 0.271 e. The van der Waals surface area contributed by atoms with Gasteiger partial charge in [-0.2, -0.15) is 5.10 Å². The molecule has 1 aromatic heterocycles. The van der Waals surface area contributed by atoms with Crippen molar-refractivity contribution >= 4 is 5.91 Å². The van der Waals surface area contributed by atoms with Crippen molar-refractivity contribution in [2.24, 2.45) is 0 Å². The molecule has 19 heavy (non-hydrogen) atoms. The van der Waals surface area contributed by atoms with Crippen LogP contribution in [-0.2, 0) is 0 Å². The van der Waals surface area contributed by atoms with Gasteiger partial charge in [-0.05, 0) is 13.1 Å². The number of aromatic nitrogens is 2. The molecule has 5 heteroatoms. The number of benzene rings is 1. The predicted molar refractivity (Wildman–Crippen MR) is 74.9 cm³/mol. The van der Waals surface area contributed by atoms with Crippen molar-refractivity contribution in [2.45, 2.75) is 0 Å². The van der Waals surface area contributed by atoms with Gasteiger partial charge in [-0.15, -0.1) is 0 Å². The molecule has 0 aliphatic heterocycles. The summed E-state index contributed by atoms with van der Waals surface area (Å²) in [4.78, 5) is 13.8. The molecule has 0 atom stereocenters. The number of carbonyl (C=O) groups is 1. The summed E-state index contributed by atoms with van der Waals surface area (Å²) in [5.74, 6) is -0.0510. The van der Waals surface area contributed by atoms with Crippen molar-refractivity contribution in [1.82, 2.24) is 20.4 Å². The number of carbonyl (C=O) groups excluding carboxylic acids is 1. The maximum atomic E-state index is 12.1. The molecule has 0 aliphatic rings. The molecule has 100 valence electrons. The van der Waals surface area contributed by atoms with Crippen LogP contribution in [0.15, 0.2) is 36.4 Å². The third kappa shape index (κ3) is 3.20. The molecule has 1 aromatic carbocycles. The highest BCUT2D eigenvalue weighted by Gasteiger charge is 2.14. The van der Waals surface area contributed by atoms with Crippen LogP contribution in [0.3, 0.4) is 0 Å². The zero-order valence-corrected chi connectivity index (χ0v) is 11.2. The third-order valence-electron chi connectivity index (χ3n) is 2.92. The molecule has 0 unspecified atom stereocenters. The fourth-order valence-corrected chi connectivity index (χ4v) is 1.77. The molecule has 0 spiro atoms. The average Bonchev–Trinajstić information content (AvgIpc) is 2.94. The van der Waals surface area contributed by atoms with E-state index in [1.165, 1.54) is 0 Å². The summed E-state index contributed by atoms with van der Waals surface area (Å²) in [6, 6.07) is 11.6. The number of rotatable bonds is 5. The first-order valence-corrected chi connectivity index (χ1v) is 6.23. The van der Waals surface area contributed by atoms with Gasteiger partial charge in [-0.1, -0.05) is 30.3 Å². The predicted octanol–water partition coefficient (Wildman–Crippen LogP) is 1.37. The summed E-state index contributed by atoms with van der Waals surface area (Å²) in [6.45, 7) is 1.43. The van der Waals surface area contributed by atoms with Gasteiger partial charge in [-0.25, -0.2) is 0 Å². The van der Waals surface area contributed by atoms with Gasteiger partial charge in [0.1, 0.15) is 5.69 Å². The van der Waals surface area contributed by atoms with Crippen LogP contribution >= 0.6 is 0 Å². The molecule has 2 aromatic rings. The fraction of sp³-hybridized carbons (Fsp3) is 0.286. The normalized spacial score (nSPS) is 10.4. The number of nitrogens with zero attached hydrogens (tertiary/aromatic N) is 2. The van der Waals surface area contributed by atoms with E-state index < -0.39 is 0 Å². The summed E-state index contributed by atoms with van der Waals surface area (Å²) in [5, 5.41) is 10.00. The van der Waals surface area contributed by atoms with Crippen molar-refractivity contribution in [3.63, 3.8) is 0 Å². The Labute approximate surface area is 112 Å². The Bertz CT molecular complexity index is 535. The van der Waals surface area contributed by atoms with Crippen molar-refractivity contribution in [1.29, 1.82) is 0 Å². The summed E-state index contributed by atoms with van der Waals surface area (Å²) >= 11 is 0. The molecule has 0 saturated carbocycles. The Morgan fingerprint density at radius 2 is 2.11 bits per heavy atom. The van der Waals surface area contributed by atoms with Gasteiger partial charge in [0.15, 0.2) is 0 Å². The molecular formula is C14H18N4O. The van der Waals surface area contributed by atoms with Crippen LogP contribution in [0.25, 0.3) is 11.3 Å². The average molecular weight is 258 g/mol. The van der Waals surface area contributed by atoms with Crippen molar-refractivity contribution in [2.75, 3.05) is 27.2 Å². The Morgan fingerprint density at radius 3 is 2.79 bits per heavy atom. The van der Waals surface area contributed by atoms with Gasteiger partial charge < -0.3 is 10.2 Å². The van der Waals surface area contributed by atoms with Crippen LogP contribution in [0, 0.1) is 0 Å². The number of nitrogens with one attached hydrogen (secondary N) is 2. The quantitative estimate of drug-likeness (QED) is 0.851. The second kappa shape index (κ2) is 6.15. The topological polar surface area (TPSA) is 61.0 Å². The van der Waals surface area contributed by atoms with Crippen LogP contribution in [0.5, 0.6) is 0 Å². The van der Waals surface area contributed by atoms with Crippen molar-refractivity contribution in [3.05, 3.63) is 42.1 Å². The number of likely N-dealkylation sites (N-methyl/N-ethyl adjacent to an activating group) is 2. The summed E-state index contributed by atoms with van der Waals surface area (Å²) < 4.78 is 0. The molecule has 2 N–H and O–H groups in total. The molecule has 1 amide bonds. The van der Waals surface area contributed by atoms with E-state index in [1.807, 2.05) is 37.4 Å². The van der Waals surface area contributed by atoms with E-state index in [0.29, 0.717) is 12.2 Å². The standard InChI is InChI=1S/C14H18N4O/c1-15-8-9-18(2)14(19)13-10-12(16-17-13)11-6-4-3-5-7-11/h3-7,10,15H,8-9H2,1-2H3,(H,16,17). The van der Waals surface area contributed by atoms with Crippen molar-refractivity contribution in [3.8, 4) is 11.3 Å². The first-order chi connectivity index (χ1) is 9.22. The summed E-state index contributed by atoms with van der Waals surface area (Å²) in [7, 11) is 3.64. The Balaban J connectivity index is 2.11. The number of hydrogen-bond acceptors (Lipinski definition) is 3. The van der Waals surface area contributed by atoms with Crippen LogP contribution in [0.2, 0.25) is 0 Å². The zero-order chi connectivity index (χ0) is 13.7. The first kappa shape index (κ1) is 13.3. The minimum Gasteiger partial charge on any atom is -0.339 e. The SMILES string of the molecule is CNCCN(C)C(=O)c1cc(-c2ccccc2)n[nH]1. The number of hydrogen-bond donors (Lipinski definition) is 2. The van der Waals surface area contributed by atoms with Crippen LogP contribution in [-0.4, -0.2) is 48.2 Å². The minimum atomic E-state index is -0.0510. The van der Waals surface area contributed by atoms with Gasteiger partial charge in [0.05, 0.1) is 5.69 Å². The van der Waals surface area contributed by atoms with E-state index in [9.17, 15) is 4.79 Å². The summed E-state index contributed by atoms with van der Waals surface area (Å²) in [6.07, 6.45) is 0. The van der Waals surface area contributed by atoms with E-state index in [-0.39, 0.29) is 5.91 Å². The molecule has 2 rings (SSSR count). The molecule has 0 fully saturated rings. The lowest BCUT2D eigenvalue weighted by atomic mass is 10.1. The van der Waals surface area contributed by atoms with Gasteiger partial charge in [0, 0.05) is 25.7 Å². The monoisotopic (exact) mass is 258 g/mol. The third-order valence-corrected chi connectivity index (χ3v) is 2.92. The van der Waals surface area contributed by atoms with Gasteiger partial charge in [0.25, 0.3) is 5.91 Å². The molecule has 0 aliphatic carbocycles. The lowest BCUT2D eigenvalue weighted by Crippen LogP contribution is -2.32. The van der Waals surface area contributed by atoms with Crippen LogP contribution in [0.4, 0.5) is 0 Å². The maximum absolute atomic E-state index is 12.1. The van der Waals surface area contributed by atoms with Gasteiger partial charge in [0.2, 0.25) is 0 Å². The van der Waals surface area contributed by atoms with E-state index in [0.717, 1.165) is 17.8 Å². The smallest absolute Gasteiger partial charge is 0.271 e. The molecule has 1 heterocycles. The van der Waals surface area contributed by atoms with Crippen molar-refractivity contribution < 1.29 is 4.79 Å². The number of aromatic amines is 1. The van der Waals surface area contributed by atoms with E-state index in [1.54, 1.807) is 18.0 Å². The van der Waals surface area contributed by atoms with Crippen LogP contribution < -0.4 is 5.32 Å². The number of amides is 1. The molecule has 5 nitrogen and oxygen atoms in total. The zero-order valence-electron chi connectivity index (χ0n) is 11.2. The number of H-pyrrole nitrogens is 1. The Hall–Kier alpha value is -2.14. The Kier molecular flexibility index (Phi) is 4.30. The van der Waals surface area contributed by atoms with E-state index >= 15 is 0 Å².